The van der Waals surface area contributed by atoms with Crippen LogP contribution in [0.5, 0.6) is 0 Å². The van der Waals surface area contributed by atoms with E-state index in [1.54, 1.807) is 29.7 Å². The number of aryl methyl sites for hydroxylation is 1. The van der Waals surface area contributed by atoms with Crippen LogP contribution >= 0.6 is 11.3 Å². The van der Waals surface area contributed by atoms with Crippen LogP contribution in [0.15, 0.2) is 53.1 Å². The Balaban J connectivity index is 1.59. The SMILES string of the molecule is CN1CCN([C@@H](c2ccccc2)c2c(NC(=O)c3ccco3)sc3c2CCCC3)CC1. The number of thiophene rings is 1. The summed E-state index contributed by atoms with van der Waals surface area (Å²) >= 11 is 1.76. The summed E-state index contributed by atoms with van der Waals surface area (Å²) < 4.78 is 5.36. The van der Waals surface area contributed by atoms with Gasteiger partial charge < -0.3 is 14.6 Å². The lowest BCUT2D eigenvalue weighted by Gasteiger charge is -2.39. The Morgan fingerprint density at radius 2 is 1.81 bits per heavy atom. The molecule has 0 bridgehead atoms. The number of nitrogens with zero attached hydrogens (tertiary/aromatic N) is 2. The molecule has 1 atom stereocenters. The molecule has 1 N–H and O–H groups in total. The van der Waals surface area contributed by atoms with Crippen molar-refractivity contribution in [1.29, 1.82) is 0 Å². The van der Waals surface area contributed by atoms with Crippen molar-refractivity contribution in [3.05, 3.63) is 76.1 Å². The number of rotatable bonds is 5. The van der Waals surface area contributed by atoms with Crippen LogP contribution in [0.2, 0.25) is 0 Å². The third kappa shape index (κ3) is 4.20. The minimum absolute atomic E-state index is 0.153. The first-order valence-corrected chi connectivity index (χ1v) is 12.0. The van der Waals surface area contributed by atoms with Gasteiger partial charge in [-0.2, -0.15) is 0 Å². The zero-order valence-corrected chi connectivity index (χ0v) is 18.8. The summed E-state index contributed by atoms with van der Waals surface area (Å²) in [5.74, 6) is 0.184. The van der Waals surface area contributed by atoms with E-state index in [1.165, 1.54) is 34.4 Å². The molecule has 3 aromatic rings. The van der Waals surface area contributed by atoms with E-state index >= 15 is 0 Å². The first kappa shape index (κ1) is 20.5. The summed E-state index contributed by atoms with van der Waals surface area (Å²) in [6.07, 6.45) is 6.19. The standard InChI is InChI=1S/C25H29N3O2S/c1-27-13-15-28(16-14-27)23(18-8-3-2-4-9-18)22-19-10-5-6-12-21(19)31-25(22)26-24(29)20-11-7-17-30-20/h2-4,7-9,11,17,23H,5-6,10,12-16H2,1H3,(H,26,29)/t23-/m0/s1. The van der Waals surface area contributed by atoms with Crippen molar-refractivity contribution in [1.82, 2.24) is 9.80 Å². The van der Waals surface area contributed by atoms with Gasteiger partial charge in [0.2, 0.25) is 0 Å². The molecule has 2 aromatic heterocycles. The van der Waals surface area contributed by atoms with Crippen molar-refractivity contribution in [2.45, 2.75) is 31.7 Å². The minimum Gasteiger partial charge on any atom is -0.459 e. The van der Waals surface area contributed by atoms with E-state index in [1.807, 2.05) is 0 Å². The topological polar surface area (TPSA) is 48.7 Å². The van der Waals surface area contributed by atoms with Crippen LogP contribution in [0.3, 0.4) is 0 Å². The summed E-state index contributed by atoms with van der Waals surface area (Å²) in [7, 11) is 2.19. The van der Waals surface area contributed by atoms with Crippen LogP contribution in [0, 0.1) is 0 Å². The molecule has 1 aliphatic heterocycles. The fourth-order valence-electron chi connectivity index (χ4n) is 4.82. The van der Waals surface area contributed by atoms with E-state index in [-0.39, 0.29) is 11.9 Å². The van der Waals surface area contributed by atoms with Crippen LogP contribution in [0.25, 0.3) is 0 Å². The molecule has 31 heavy (non-hydrogen) atoms. The fraction of sp³-hybridized carbons (Fsp3) is 0.400. The molecule has 1 aliphatic carbocycles. The molecule has 0 unspecified atom stereocenters. The smallest absolute Gasteiger partial charge is 0.291 e. The van der Waals surface area contributed by atoms with Crippen molar-refractivity contribution in [3.8, 4) is 0 Å². The van der Waals surface area contributed by atoms with E-state index in [4.69, 9.17) is 4.42 Å². The number of furan rings is 1. The van der Waals surface area contributed by atoms with Gasteiger partial charge in [0.05, 0.1) is 12.3 Å². The number of anilines is 1. The van der Waals surface area contributed by atoms with Crippen LogP contribution in [0.4, 0.5) is 5.00 Å². The Morgan fingerprint density at radius 1 is 1.03 bits per heavy atom. The number of nitrogens with one attached hydrogen (secondary N) is 1. The van der Waals surface area contributed by atoms with Gasteiger partial charge in [-0.15, -0.1) is 11.3 Å². The molecule has 1 amide bonds. The van der Waals surface area contributed by atoms with E-state index in [2.05, 4.69) is 52.5 Å². The molecule has 162 valence electrons. The van der Waals surface area contributed by atoms with E-state index in [0.717, 1.165) is 44.0 Å². The normalized spacial score (nSPS) is 18.5. The summed E-state index contributed by atoms with van der Waals surface area (Å²) in [5, 5.41) is 4.20. The quantitative estimate of drug-likeness (QED) is 0.625. The zero-order valence-electron chi connectivity index (χ0n) is 18.0. The lowest BCUT2D eigenvalue weighted by molar-refractivity contribution is 0.0996. The second kappa shape index (κ2) is 8.99. The van der Waals surface area contributed by atoms with Gasteiger partial charge in [0.25, 0.3) is 5.91 Å². The molecule has 1 fully saturated rings. The number of likely N-dealkylation sites (N-methyl/N-ethyl adjacent to an activating group) is 1. The Labute approximate surface area is 187 Å². The van der Waals surface area contributed by atoms with Gasteiger partial charge in [-0.25, -0.2) is 0 Å². The average molecular weight is 436 g/mol. The number of benzene rings is 1. The van der Waals surface area contributed by atoms with Gasteiger partial charge in [-0.05, 0) is 56.0 Å². The zero-order chi connectivity index (χ0) is 21.2. The highest BCUT2D eigenvalue weighted by Gasteiger charge is 2.33. The Bertz CT molecular complexity index is 1020. The van der Waals surface area contributed by atoms with Gasteiger partial charge in [-0.3, -0.25) is 9.69 Å². The fourth-order valence-corrected chi connectivity index (χ4v) is 6.14. The Hall–Kier alpha value is -2.41. The molecule has 6 heteroatoms. The van der Waals surface area contributed by atoms with E-state index in [0.29, 0.717) is 5.76 Å². The highest BCUT2D eigenvalue weighted by atomic mass is 32.1. The first-order chi connectivity index (χ1) is 15.2. The molecule has 0 radical (unpaired) electrons. The lowest BCUT2D eigenvalue weighted by atomic mass is 9.88. The number of fused-ring (bicyclic) bond motifs is 1. The number of hydrogen-bond donors (Lipinski definition) is 1. The maximum atomic E-state index is 12.9. The van der Waals surface area contributed by atoms with Crippen molar-refractivity contribution < 1.29 is 9.21 Å². The van der Waals surface area contributed by atoms with Crippen LogP contribution < -0.4 is 5.32 Å². The molecule has 5 rings (SSSR count). The molecule has 1 aromatic carbocycles. The van der Waals surface area contributed by atoms with Crippen molar-refractivity contribution >= 4 is 22.2 Å². The predicted molar refractivity (Wildman–Crippen MR) is 125 cm³/mol. The average Bonchev–Trinajstić information content (AvgIpc) is 3.45. The largest absolute Gasteiger partial charge is 0.459 e. The van der Waals surface area contributed by atoms with Gasteiger partial charge in [0.1, 0.15) is 5.00 Å². The number of carbonyl (C=O) groups excluding carboxylic acids is 1. The Kier molecular flexibility index (Phi) is 5.94. The number of amides is 1. The number of carbonyl (C=O) groups is 1. The maximum Gasteiger partial charge on any atom is 0.291 e. The van der Waals surface area contributed by atoms with E-state index in [9.17, 15) is 4.79 Å². The summed E-state index contributed by atoms with van der Waals surface area (Å²) in [6, 6.07) is 14.4. The summed E-state index contributed by atoms with van der Waals surface area (Å²) in [6.45, 7) is 4.16. The molecule has 2 aliphatic rings. The van der Waals surface area contributed by atoms with E-state index < -0.39 is 0 Å². The van der Waals surface area contributed by atoms with Gasteiger partial charge >= 0.3 is 0 Å². The molecule has 5 nitrogen and oxygen atoms in total. The lowest BCUT2D eigenvalue weighted by Crippen LogP contribution is -2.46. The molecule has 1 saturated heterocycles. The number of hydrogen-bond acceptors (Lipinski definition) is 5. The van der Waals surface area contributed by atoms with Gasteiger partial charge in [0, 0.05) is 36.6 Å². The Morgan fingerprint density at radius 3 is 2.55 bits per heavy atom. The van der Waals surface area contributed by atoms with Gasteiger partial charge in [-0.1, -0.05) is 30.3 Å². The molecular formula is C25H29N3O2S. The van der Waals surface area contributed by atoms with Crippen molar-refractivity contribution in [3.63, 3.8) is 0 Å². The van der Waals surface area contributed by atoms with Crippen molar-refractivity contribution in [2.75, 3.05) is 38.5 Å². The first-order valence-electron chi connectivity index (χ1n) is 11.2. The van der Waals surface area contributed by atoms with Gasteiger partial charge in [0.15, 0.2) is 5.76 Å². The van der Waals surface area contributed by atoms with Crippen molar-refractivity contribution in [2.24, 2.45) is 0 Å². The van der Waals surface area contributed by atoms with Crippen LogP contribution in [-0.4, -0.2) is 48.9 Å². The summed E-state index contributed by atoms with van der Waals surface area (Å²) in [5.41, 5.74) is 4.06. The minimum atomic E-state index is -0.171. The highest BCUT2D eigenvalue weighted by Crippen LogP contribution is 2.45. The third-order valence-electron chi connectivity index (χ3n) is 6.48. The molecule has 0 spiro atoms. The maximum absolute atomic E-state index is 12.9. The highest BCUT2D eigenvalue weighted by molar-refractivity contribution is 7.16. The predicted octanol–water partition coefficient (Wildman–Crippen LogP) is 4.81. The third-order valence-corrected chi connectivity index (χ3v) is 7.70. The van der Waals surface area contributed by atoms with Crippen LogP contribution in [-0.2, 0) is 12.8 Å². The second-order valence-electron chi connectivity index (χ2n) is 8.54. The van der Waals surface area contributed by atoms with Crippen LogP contribution in [0.1, 0.15) is 51.0 Å². The molecule has 3 heterocycles. The monoisotopic (exact) mass is 435 g/mol. The molecule has 0 saturated carbocycles. The second-order valence-corrected chi connectivity index (χ2v) is 9.64. The molecular weight excluding hydrogens is 406 g/mol. The summed E-state index contributed by atoms with van der Waals surface area (Å²) in [4.78, 5) is 19.3. The number of piperazine rings is 1.